The van der Waals surface area contributed by atoms with Gasteiger partial charge in [0.2, 0.25) is 5.03 Å². The van der Waals surface area contributed by atoms with Gasteiger partial charge in [-0.05, 0) is 35.0 Å². The molecule has 2 heterocycles. The van der Waals surface area contributed by atoms with E-state index in [1.165, 1.54) is 18.3 Å². The predicted molar refractivity (Wildman–Crippen MR) is 76.3 cm³/mol. The van der Waals surface area contributed by atoms with E-state index >= 15 is 0 Å². The fourth-order valence-electron chi connectivity index (χ4n) is 1.53. The Kier molecular flexibility index (Phi) is 4.28. The van der Waals surface area contributed by atoms with Crippen LogP contribution in [0.3, 0.4) is 0 Å². The van der Waals surface area contributed by atoms with Crippen LogP contribution in [0.15, 0.2) is 20.9 Å². The highest BCUT2D eigenvalue weighted by molar-refractivity contribution is 9.11. The van der Waals surface area contributed by atoms with Crippen molar-refractivity contribution in [3.05, 3.63) is 32.1 Å². The van der Waals surface area contributed by atoms with E-state index in [2.05, 4.69) is 30.8 Å². The maximum absolute atomic E-state index is 12.1. The van der Waals surface area contributed by atoms with Gasteiger partial charge in [0, 0.05) is 17.1 Å². The molecule has 2 aromatic rings. The van der Waals surface area contributed by atoms with Gasteiger partial charge in [-0.2, -0.15) is 5.10 Å². The number of carboxylic acids is 1. The number of aryl methyl sites for hydroxylation is 1. The van der Waals surface area contributed by atoms with Crippen molar-refractivity contribution in [2.24, 2.45) is 0 Å². The Hall–Kier alpha value is -1.23. The first kappa shape index (κ1) is 15.2. The lowest BCUT2D eigenvalue weighted by Crippen LogP contribution is -2.25. The summed E-state index contributed by atoms with van der Waals surface area (Å²) >= 11 is 4.66. The van der Waals surface area contributed by atoms with Crippen molar-refractivity contribution in [1.82, 2.24) is 14.9 Å². The standard InChI is InChI=1S/C10H10BrN3O4S2/c1-5-8(10(15)16)9(14-13-5)20(17,18)12-4-6-2-3-7(11)19-6/h2-3,12H,4H2,1H3,(H,13,14)(H,15,16). The van der Waals surface area contributed by atoms with Crippen LogP contribution in [0.1, 0.15) is 20.9 Å². The summed E-state index contributed by atoms with van der Waals surface area (Å²) < 4.78 is 27.4. The average Bonchev–Trinajstić information content (AvgIpc) is 2.93. The van der Waals surface area contributed by atoms with Crippen molar-refractivity contribution in [3.63, 3.8) is 0 Å². The van der Waals surface area contributed by atoms with E-state index < -0.39 is 21.0 Å². The topological polar surface area (TPSA) is 112 Å². The highest BCUT2D eigenvalue weighted by atomic mass is 79.9. The zero-order valence-corrected chi connectivity index (χ0v) is 13.4. The van der Waals surface area contributed by atoms with Crippen molar-refractivity contribution in [2.75, 3.05) is 0 Å². The Labute approximate surface area is 127 Å². The number of hydrogen-bond acceptors (Lipinski definition) is 5. The van der Waals surface area contributed by atoms with E-state index in [1.54, 1.807) is 12.1 Å². The molecule has 0 unspecified atom stereocenters. The molecule has 0 atom stereocenters. The predicted octanol–water partition coefficient (Wildman–Crippen LogP) is 1.72. The van der Waals surface area contributed by atoms with Crippen molar-refractivity contribution in [3.8, 4) is 0 Å². The summed E-state index contributed by atoms with van der Waals surface area (Å²) in [5.41, 5.74) is -0.151. The van der Waals surface area contributed by atoms with Crippen LogP contribution < -0.4 is 4.72 Å². The number of nitrogens with one attached hydrogen (secondary N) is 2. The van der Waals surface area contributed by atoms with Crippen molar-refractivity contribution < 1.29 is 18.3 Å². The lowest BCUT2D eigenvalue weighted by molar-refractivity contribution is 0.0692. The number of H-pyrrole nitrogens is 1. The van der Waals surface area contributed by atoms with Gasteiger partial charge in [0.25, 0.3) is 10.0 Å². The van der Waals surface area contributed by atoms with Crippen molar-refractivity contribution in [2.45, 2.75) is 18.5 Å². The summed E-state index contributed by atoms with van der Waals surface area (Å²) in [4.78, 5) is 11.9. The molecule has 0 aliphatic rings. The van der Waals surface area contributed by atoms with E-state index in [0.29, 0.717) is 0 Å². The number of aromatic carboxylic acids is 1. The van der Waals surface area contributed by atoms with Gasteiger partial charge in [0.15, 0.2) is 0 Å². The molecule has 108 valence electrons. The number of sulfonamides is 1. The van der Waals surface area contributed by atoms with E-state index in [1.807, 2.05) is 0 Å². The lowest BCUT2D eigenvalue weighted by atomic mass is 10.3. The molecule has 2 aromatic heterocycles. The molecule has 20 heavy (non-hydrogen) atoms. The molecule has 0 amide bonds. The second-order valence-corrected chi connectivity index (χ2v) is 8.09. The Morgan fingerprint density at radius 1 is 1.55 bits per heavy atom. The molecule has 0 aliphatic heterocycles. The number of thiophene rings is 1. The molecule has 3 N–H and O–H groups in total. The summed E-state index contributed by atoms with van der Waals surface area (Å²) in [5.74, 6) is -1.34. The average molecular weight is 380 g/mol. The third kappa shape index (κ3) is 3.08. The van der Waals surface area contributed by atoms with Gasteiger partial charge in [0.1, 0.15) is 5.56 Å². The van der Waals surface area contributed by atoms with Crippen LogP contribution >= 0.6 is 27.3 Å². The number of halogens is 1. The Balaban J connectivity index is 2.25. The quantitative estimate of drug-likeness (QED) is 0.731. The van der Waals surface area contributed by atoms with Crippen LogP contribution in [0.2, 0.25) is 0 Å². The Morgan fingerprint density at radius 2 is 2.25 bits per heavy atom. The molecular formula is C10H10BrN3O4S2. The molecule has 0 aliphatic carbocycles. The first-order valence-electron chi connectivity index (χ1n) is 5.33. The molecule has 10 heteroatoms. The first-order chi connectivity index (χ1) is 9.31. The van der Waals surface area contributed by atoms with E-state index in [0.717, 1.165) is 8.66 Å². The minimum atomic E-state index is -3.99. The van der Waals surface area contributed by atoms with Crippen LogP contribution in [-0.2, 0) is 16.6 Å². The second kappa shape index (κ2) is 5.64. The number of carboxylic acid groups (broad SMARTS) is 1. The highest BCUT2D eigenvalue weighted by Gasteiger charge is 2.27. The molecule has 2 rings (SSSR count). The summed E-state index contributed by atoms with van der Waals surface area (Å²) in [6.07, 6.45) is 0. The van der Waals surface area contributed by atoms with Crippen LogP contribution in [0.5, 0.6) is 0 Å². The Morgan fingerprint density at radius 3 is 2.80 bits per heavy atom. The molecule has 0 saturated carbocycles. The van der Waals surface area contributed by atoms with E-state index in [9.17, 15) is 13.2 Å². The zero-order chi connectivity index (χ0) is 14.9. The highest BCUT2D eigenvalue weighted by Crippen LogP contribution is 2.22. The molecule has 0 radical (unpaired) electrons. The number of hydrogen-bond donors (Lipinski definition) is 3. The minimum Gasteiger partial charge on any atom is -0.478 e. The Bertz CT molecular complexity index is 750. The minimum absolute atomic E-state index is 0.0730. The fraction of sp³-hybridized carbons (Fsp3) is 0.200. The normalized spacial score (nSPS) is 11.7. The van der Waals surface area contributed by atoms with E-state index in [-0.39, 0.29) is 17.8 Å². The summed E-state index contributed by atoms with van der Waals surface area (Å²) in [5, 5.41) is 14.5. The van der Waals surface area contributed by atoms with Gasteiger partial charge in [-0.25, -0.2) is 17.9 Å². The molecule has 0 aromatic carbocycles. The SMILES string of the molecule is Cc1[nH]nc(S(=O)(=O)NCc2ccc(Br)s2)c1C(=O)O. The monoisotopic (exact) mass is 379 g/mol. The van der Waals surface area contributed by atoms with Gasteiger partial charge in [-0.3, -0.25) is 5.10 Å². The van der Waals surface area contributed by atoms with Gasteiger partial charge in [-0.1, -0.05) is 0 Å². The molecule has 0 spiro atoms. The van der Waals surface area contributed by atoms with Crippen LogP contribution in [0.25, 0.3) is 0 Å². The third-order valence-corrected chi connectivity index (χ3v) is 5.40. The molecule has 0 fully saturated rings. The second-order valence-electron chi connectivity index (χ2n) is 3.86. The number of nitrogens with zero attached hydrogens (tertiary/aromatic N) is 1. The van der Waals surface area contributed by atoms with Crippen molar-refractivity contribution >= 4 is 43.3 Å². The smallest absolute Gasteiger partial charge is 0.340 e. The molecule has 7 nitrogen and oxygen atoms in total. The number of aromatic amines is 1. The third-order valence-electron chi connectivity index (χ3n) is 2.45. The maximum Gasteiger partial charge on any atom is 0.340 e. The fourth-order valence-corrected chi connectivity index (χ4v) is 4.21. The lowest BCUT2D eigenvalue weighted by Gasteiger charge is -2.03. The molecule has 0 bridgehead atoms. The summed E-state index contributed by atoms with van der Waals surface area (Å²) in [6, 6.07) is 3.57. The van der Waals surface area contributed by atoms with Crippen LogP contribution in [0.4, 0.5) is 0 Å². The zero-order valence-electron chi connectivity index (χ0n) is 10.2. The van der Waals surface area contributed by atoms with Crippen LogP contribution in [-0.4, -0.2) is 29.7 Å². The number of rotatable bonds is 5. The summed E-state index contributed by atoms with van der Waals surface area (Å²) in [7, 11) is -3.99. The summed E-state index contributed by atoms with van der Waals surface area (Å²) in [6.45, 7) is 1.52. The number of aromatic nitrogens is 2. The van der Waals surface area contributed by atoms with Crippen LogP contribution in [0, 0.1) is 6.92 Å². The molecular weight excluding hydrogens is 370 g/mol. The van der Waals surface area contributed by atoms with Gasteiger partial charge in [0.05, 0.1) is 3.79 Å². The first-order valence-corrected chi connectivity index (χ1v) is 8.42. The van der Waals surface area contributed by atoms with Gasteiger partial charge in [-0.15, -0.1) is 11.3 Å². The van der Waals surface area contributed by atoms with E-state index in [4.69, 9.17) is 5.11 Å². The van der Waals surface area contributed by atoms with Gasteiger partial charge < -0.3 is 5.11 Å². The van der Waals surface area contributed by atoms with Crippen molar-refractivity contribution in [1.29, 1.82) is 0 Å². The van der Waals surface area contributed by atoms with Gasteiger partial charge >= 0.3 is 5.97 Å². The maximum atomic E-state index is 12.1. The number of carbonyl (C=O) groups is 1. The molecule has 0 saturated heterocycles. The largest absolute Gasteiger partial charge is 0.478 e.